The molecule has 0 bridgehead atoms. The summed E-state index contributed by atoms with van der Waals surface area (Å²) in [6, 6.07) is 18.9. The van der Waals surface area contributed by atoms with Gasteiger partial charge in [0, 0.05) is 33.6 Å². The Balaban J connectivity index is 1.43. The average Bonchev–Trinajstić information content (AvgIpc) is 3.46. The molecule has 4 nitrogen and oxygen atoms in total. The summed E-state index contributed by atoms with van der Waals surface area (Å²) >= 11 is 1.84. The summed E-state index contributed by atoms with van der Waals surface area (Å²) in [5, 5.41) is 6.81. The van der Waals surface area contributed by atoms with Crippen molar-refractivity contribution in [2.24, 2.45) is 0 Å². The number of carbonyl (C=O) groups is 1. The van der Waals surface area contributed by atoms with E-state index in [0.29, 0.717) is 17.3 Å². The number of anilines is 1. The van der Waals surface area contributed by atoms with Crippen LogP contribution in [0, 0.1) is 6.92 Å². The van der Waals surface area contributed by atoms with Crippen LogP contribution in [0.15, 0.2) is 54.6 Å². The van der Waals surface area contributed by atoms with Crippen molar-refractivity contribution >= 4 is 22.9 Å². The fourth-order valence-corrected chi connectivity index (χ4v) is 5.16. The number of benzene rings is 2. The Morgan fingerprint density at radius 3 is 2.74 bits per heavy atom. The highest BCUT2D eigenvalue weighted by molar-refractivity contribution is 7.15. The maximum Gasteiger partial charge on any atom is 0.252 e. The monoisotopic (exact) mass is 433 g/mol. The normalized spacial score (nSPS) is 15.2. The second-order valence-electron chi connectivity index (χ2n) is 8.52. The molecule has 3 aromatic rings. The van der Waals surface area contributed by atoms with Crippen molar-refractivity contribution in [3.63, 3.8) is 0 Å². The Morgan fingerprint density at radius 1 is 1.13 bits per heavy atom. The zero-order chi connectivity index (χ0) is 21.8. The van der Waals surface area contributed by atoms with E-state index in [9.17, 15) is 4.79 Å². The highest BCUT2D eigenvalue weighted by Gasteiger charge is 2.16. The molecule has 0 spiro atoms. The number of thiophene rings is 1. The van der Waals surface area contributed by atoms with Gasteiger partial charge in [-0.2, -0.15) is 0 Å². The van der Waals surface area contributed by atoms with Gasteiger partial charge in [-0.25, -0.2) is 0 Å². The number of hydrogen-bond acceptors (Lipinski definition) is 4. The van der Waals surface area contributed by atoms with E-state index in [4.69, 9.17) is 5.73 Å². The lowest BCUT2D eigenvalue weighted by Crippen LogP contribution is -2.27. The van der Waals surface area contributed by atoms with Crippen LogP contribution >= 0.6 is 11.3 Å². The first-order chi connectivity index (χ1) is 15.0. The van der Waals surface area contributed by atoms with Crippen LogP contribution < -0.4 is 16.4 Å². The molecule has 0 unspecified atom stereocenters. The van der Waals surface area contributed by atoms with Gasteiger partial charge in [0.15, 0.2) is 0 Å². The third-order valence-corrected chi connectivity index (χ3v) is 7.24. The van der Waals surface area contributed by atoms with Crippen LogP contribution in [0.4, 0.5) is 5.69 Å². The number of carbonyl (C=O) groups excluding carboxylic acids is 1. The maximum atomic E-state index is 12.8. The lowest BCUT2D eigenvalue weighted by Gasteiger charge is -2.16. The third kappa shape index (κ3) is 5.35. The maximum absolute atomic E-state index is 12.8. The Labute approximate surface area is 188 Å². The first kappa shape index (κ1) is 21.6. The minimum atomic E-state index is -0.100. The van der Waals surface area contributed by atoms with Gasteiger partial charge in [0.2, 0.25) is 0 Å². The summed E-state index contributed by atoms with van der Waals surface area (Å²) in [5.41, 5.74) is 10.3. The highest BCUT2D eigenvalue weighted by atomic mass is 32.1. The zero-order valence-electron chi connectivity index (χ0n) is 18.3. The molecule has 2 aromatic carbocycles. The van der Waals surface area contributed by atoms with E-state index in [1.165, 1.54) is 41.0 Å². The predicted octanol–water partition coefficient (Wildman–Crippen LogP) is 5.83. The van der Waals surface area contributed by atoms with Crippen LogP contribution in [0.1, 0.15) is 65.0 Å². The standard InChI is InChI=1S/C26H31N3OS/c1-17-10-11-21(27)15-24(17)26(30)29-18(2)19-6-5-7-20(14-19)25-13-12-23(31-25)16-28-22-8-3-4-9-22/h5-7,10-15,18,22,28H,3-4,8-9,16,27H2,1-2H3,(H,29,30)/t18-/m1/s1. The second kappa shape index (κ2) is 9.67. The van der Waals surface area contributed by atoms with Gasteiger partial charge >= 0.3 is 0 Å². The van der Waals surface area contributed by atoms with Crippen LogP contribution in [0.2, 0.25) is 0 Å². The number of amides is 1. The van der Waals surface area contributed by atoms with Crippen molar-refractivity contribution < 1.29 is 4.79 Å². The molecule has 0 saturated heterocycles. The topological polar surface area (TPSA) is 67.2 Å². The summed E-state index contributed by atoms with van der Waals surface area (Å²) in [4.78, 5) is 15.4. The van der Waals surface area contributed by atoms with Crippen molar-refractivity contribution in [2.75, 3.05) is 5.73 Å². The molecule has 31 heavy (non-hydrogen) atoms. The molecule has 1 heterocycles. The summed E-state index contributed by atoms with van der Waals surface area (Å²) < 4.78 is 0. The van der Waals surface area contributed by atoms with Gasteiger partial charge in [0.25, 0.3) is 5.91 Å². The Hall–Kier alpha value is -2.63. The molecule has 0 radical (unpaired) electrons. The van der Waals surface area contributed by atoms with E-state index in [1.54, 1.807) is 6.07 Å². The summed E-state index contributed by atoms with van der Waals surface area (Å²) in [7, 11) is 0. The molecule has 4 rings (SSSR count). The van der Waals surface area contributed by atoms with E-state index in [2.05, 4.69) is 47.0 Å². The first-order valence-corrected chi connectivity index (χ1v) is 11.9. The number of aryl methyl sites for hydroxylation is 1. The lowest BCUT2D eigenvalue weighted by atomic mass is 10.0. The SMILES string of the molecule is Cc1ccc(N)cc1C(=O)N[C@H](C)c1cccc(-c2ccc(CNC3CCCC3)s2)c1. The first-order valence-electron chi connectivity index (χ1n) is 11.1. The number of rotatable bonds is 7. The van der Waals surface area contributed by atoms with Gasteiger partial charge < -0.3 is 16.4 Å². The second-order valence-corrected chi connectivity index (χ2v) is 9.69. The van der Waals surface area contributed by atoms with Gasteiger partial charge in [0.1, 0.15) is 0 Å². The quantitative estimate of drug-likeness (QED) is 0.411. The Morgan fingerprint density at radius 2 is 1.94 bits per heavy atom. The van der Waals surface area contributed by atoms with Crippen molar-refractivity contribution in [3.8, 4) is 10.4 Å². The Kier molecular flexibility index (Phi) is 6.73. The molecule has 1 aliphatic carbocycles. The molecule has 1 saturated carbocycles. The molecule has 162 valence electrons. The number of nitrogens with two attached hydrogens (primary N) is 1. The van der Waals surface area contributed by atoms with E-state index in [-0.39, 0.29) is 11.9 Å². The summed E-state index contributed by atoms with van der Waals surface area (Å²) in [6.45, 7) is 4.89. The van der Waals surface area contributed by atoms with E-state index in [0.717, 1.165) is 17.7 Å². The van der Waals surface area contributed by atoms with Crippen molar-refractivity contribution in [1.82, 2.24) is 10.6 Å². The molecule has 4 N–H and O–H groups in total. The van der Waals surface area contributed by atoms with Crippen LogP contribution in [0.3, 0.4) is 0 Å². The third-order valence-electron chi connectivity index (χ3n) is 6.11. The molecular formula is C26H31N3OS. The molecule has 5 heteroatoms. The van der Waals surface area contributed by atoms with Gasteiger partial charge in [-0.15, -0.1) is 11.3 Å². The average molecular weight is 434 g/mol. The number of hydrogen-bond donors (Lipinski definition) is 3. The molecular weight excluding hydrogens is 402 g/mol. The molecule has 0 aliphatic heterocycles. The largest absolute Gasteiger partial charge is 0.399 e. The van der Waals surface area contributed by atoms with Gasteiger partial charge in [-0.1, -0.05) is 37.1 Å². The number of nitrogen functional groups attached to an aromatic ring is 1. The lowest BCUT2D eigenvalue weighted by molar-refractivity contribution is 0.0939. The van der Waals surface area contributed by atoms with Crippen LogP contribution in [0.5, 0.6) is 0 Å². The van der Waals surface area contributed by atoms with Crippen molar-refractivity contribution in [1.29, 1.82) is 0 Å². The van der Waals surface area contributed by atoms with Gasteiger partial charge in [-0.05, 0) is 73.7 Å². The van der Waals surface area contributed by atoms with Gasteiger partial charge in [0.05, 0.1) is 6.04 Å². The van der Waals surface area contributed by atoms with Crippen LogP contribution in [-0.4, -0.2) is 11.9 Å². The zero-order valence-corrected chi connectivity index (χ0v) is 19.1. The highest BCUT2D eigenvalue weighted by Crippen LogP contribution is 2.30. The van der Waals surface area contributed by atoms with Crippen molar-refractivity contribution in [3.05, 3.63) is 76.2 Å². The van der Waals surface area contributed by atoms with Crippen molar-refractivity contribution in [2.45, 2.75) is 58.2 Å². The van der Waals surface area contributed by atoms with E-state index in [1.807, 2.05) is 37.3 Å². The molecule has 1 atom stereocenters. The van der Waals surface area contributed by atoms with Crippen LogP contribution in [0.25, 0.3) is 10.4 Å². The number of nitrogens with one attached hydrogen (secondary N) is 2. The predicted molar refractivity (Wildman–Crippen MR) is 130 cm³/mol. The van der Waals surface area contributed by atoms with Crippen LogP contribution in [-0.2, 0) is 6.54 Å². The summed E-state index contributed by atoms with van der Waals surface area (Å²) in [5.74, 6) is -0.0981. The molecule has 1 amide bonds. The minimum absolute atomic E-state index is 0.0981. The molecule has 1 aromatic heterocycles. The van der Waals surface area contributed by atoms with E-state index >= 15 is 0 Å². The summed E-state index contributed by atoms with van der Waals surface area (Å²) in [6.07, 6.45) is 5.32. The minimum Gasteiger partial charge on any atom is -0.399 e. The fraction of sp³-hybridized carbons (Fsp3) is 0.346. The smallest absolute Gasteiger partial charge is 0.252 e. The van der Waals surface area contributed by atoms with E-state index < -0.39 is 0 Å². The Bertz CT molecular complexity index is 1050. The fourth-order valence-electron chi connectivity index (χ4n) is 4.21. The molecule has 1 aliphatic rings. The van der Waals surface area contributed by atoms with Gasteiger partial charge in [-0.3, -0.25) is 4.79 Å². The molecule has 1 fully saturated rings.